The fraction of sp³-hybridized carbons (Fsp3) is 0.100. The lowest BCUT2D eigenvalue weighted by Crippen LogP contribution is -1.85. The average Bonchev–Trinajstić information content (AvgIpc) is 2.49. The van der Waals surface area contributed by atoms with Gasteiger partial charge in [-0.15, -0.1) is 0 Å². The number of imidazole rings is 1. The molecule has 72 valence electrons. The van der Waals surface area contributed by atoms with Crippen LogP contribution in [0.2, 0.25) is 0 Å². The summed E-state index contributed by atoms with van der Waals surface area (Å²) in [6.07, 6.45) is 1.79. The van der Waals surface area contributed by atoms with Gasteiger partial charge in [0.15, 0.2) is 0 Å². The van der Waals surface area contributed by atoms with Crippen LogP contribution in [0.15, 0.2) is 39.7 Å². The molecule has 0 unspecified atom stereocenters. The summed E-state index contributed by atoms with van der Waals surface area (Å²) in [6, 6.07) is 8.04. The molecule has 0 saturated heterocycles. The monoisotopic (exact) mass is 314 g/mol. The number of aromatic nitrogens is 2. The molecule has 2 rings (SSSR count). The zero-order chi connectivity index (χ0) is 10.1. The third-order valence-corrected chi connectivity index (χ3v) is 3.62. The molecule has 1 aromatic heterocycles. The summed E-state index contributed by atoms with van der Waals surface area (Å²) in [6.45, 7) is 0. The zero-order valence-corrected chi connectivity index (χ0v) is 10.7. The highest BCUT2D eigenvalue weighted by molar-refractivity contribution is 9.11. The van der Waals surface area contributed by atoms with Gasteiger partial charge < -0.3 is 4.57 Å². The number of hydrogen-bond acceptors (Lipinski definition) is 1. The SMILES string of the molecule is Cn1cnc(-c2ccccc2Br)c1Br. The van der Waals surface area contributed by atoms with E-state index < -0.39 is 0 Å². The van der Waals surface area contributed by atoms with Crippen molar-refractivity contribution in [1.29, 1.82) is 0 Å². The van der Waals surface area contributed by atoms with Gasteiger partial charge in [-0.1, -0.05) is 34.1 Å². The summed E-state index contributed by atoms with van der Waals surface area (Å²) in [4.78, 5) is 4.33. The van der Waals surface area contributed by atoms with Gasteiger partial charge in [-0.2, -0.15) is 0 Å². The highest BCUT2D eigenvalue weighted by Gasteiger charge is 2.10. The molecule has 0 saturated carbocycles. The first-order valence-electron chi connectivity index (χ1n) is 4.12. The van der Waals surface area contributed by atoms with Crippen LogP contribution in [-0.4, -0.2) is 9.55 Å². The van der Waals surface area contributed by atoms with Crippen LogP contribution in [0.25, 0.3) is 11.3 Å². The van der Waals surface area contributed by atoms with Gasteiger partial charge in [-0.05, 0) is 22.0 Å². The molecule has 0 aliphatic carbocycles. The van der Waals surface area contributed by atoms with Crippen LogP contribution in [0.5, 0.6) is 0 Å². The Morgan fingerprint density at radius 2 is 1.93 bits per heavy atom. The second-order valence-corrected chi connectivity index (χ2v) is 4.58. The molecule has 0 aliphatic rings. The largest absolute Gasteiger partial charge is 0.328 e. The maximum absolute atomic E-state index is 4.33. The summed E-state index contributed by atoms with van der Waals surface area (Å²) in [5.41, 5.74) is 2.06. The average molecular weight is 316 g/mol. The molecule has 0 fully saturated rings. The van der Waals surface area contributed by atoms with E-state index in [0.29, 0.717) is 0 Å². The first kappa shape index (κ1) is 9.93. The minimum atomic E-state index is 0.958. The highest BCUT2D eigenvalue weighted by atomic mass is 79.9. The van der Waals surface area contributed by atoms with E-state index in [4.69, 9.17) is 0 Å². The van der Waals surface area contributed by atoms with E-state index >= 15 is 0 Å². The number of halogens is 2. The maximum atomic E-state index is 4.33. The summed E-state index contributed by atoms with van der Waals surface area (Å²) in [5.74, 6) is 0. The van der Waals surface area contributed by atoms with Crippen LogP contribution in [0.4, 0.5) is 0 Å². The lowest BCUT2D eigenvalue weighted by Gasteiger charge is -2.01. The van der Waals surface area contributed by atoms with E-state index in [0.717, 1.165) is 20.3 Å². The standard InChI is InChI=1S/C10H8Br2N2/c1-14-6-13-9(10(14)12)7-4-2-3-5-8(7)11/h2-6H,1H3. The third-order valence-electron chi connectivity index (χ3n) is 1.99. The van der Waals surface area contributed by atoms with Gasteiger partial charge in [0.1, 0.15) is 10.3 Å². The predicted molar refractivity (Wildman–Crippen MR) is 64.0 cm³/mol. The van der Waals surface area contributed by atoms with Gasteiger partial charge in [0.2, 0.25) is 0 Å². The van der Waals surface area contributed by atoms with Crippen molar-refractivity contribution in [1.82, 2.24) is 9.55 Å². The summed E-state index contributed by atoms with van der Waals surface area (Å²) < 4.78 is 3.98. The molecule has 0 aliphatic heterocycles. The van der Waals surface area contributed by atoms with E-state index in [9.17, 15) is 0 Å². The molecule has 14 heavy (non-hydrogen) atoms. The van der Waals surface area contributed by atoms with Crippen molar-refractivity contribution in [2.45, 2.75) is 0 Å². The van der Waals surface area contributed by atoms with Gasteiger partial charge in [0, 0.05) is 17.1 Å². The zero-order valence-electron chi connectivity index (χ0n) is 7.54. The van der Waals surface area contributed by atoms with Crippen molar-refractivity contribution in [3.63, 3.8) is 0 Å². The van der Waals surface area contributed by atoms with E-state index in [2.05, 4.69) is 36.8 Å². The molecule has 0 amide bonds. The smallest absolute Gasteiger partial charge is 0.112 e. The Bertz CT molecular complexity index is 463. The van der Waals surface area contributed by atoms with Crippen molar-refractivity contribution in [3.05, 3.63) is 39.7 Å². The molecular formula is C10H8Br2N2. The summed E-state index contributed by atoms with van der Waals surface area (Å²) >= 11 is 7.01. The van der Waals surface area contributed by atoms with Crippen molar-refractivity contribution in [3.8, 4) is 11.3 Å². The molecule has 0 spiro atoms. The molecule has 2 aromatic rings. The number of hydrogen-bond donors (Lipinski definition) is 0. The lowest BCUT2D eigenvalue weighted by molar-refractivity contribution is 0.891. The van der Waals surface area contributed by atoms with Crippen molar-refractivity contribution in [2.75, 3.05) is 0 Å². The molecule has 0 atom stereocenters. The summed E-state index contributed by atoms with van der Waals surface area (Å²) in [5, 5.41) is 0. The lowest BCUT2D eigenvalue weighted by atomic mass is 10.2. The molecule has 1 aromatic carbocycles. The first-order chi connectivity index (χ1) is 6.70. The first-order valence-corrected chi connectivity index (χ1v) is 5.70. The van der Waals surface area contributed by atoms with Crippen LogP contribution < -0.4 is 0 Å². The van der Waals surface area contributed by atoms with Gasteiger partial charge >= 0.3 is 0 Å². The Hall–Kier alpha value is -0.610. The third kappa shape index (κ3) is 1.64. The van der Waals surface area contributed by atoms with Gasteiger partial charge in [-0.3, -0.25) is 0 Å². The van der Waals surface area contributed by atoms with Gasteiger partial charge in [0.05, 0.1) is 6.33 Å². The van der Waals surface area contributed by atoms with E-state index in [1.54, 1.807) is 6.33 Å². The Morgan fingerprint density at radius 1 is 1.21 bits per heavy atom. The maximum Gasteiger partial charge on any atom is 0.112 e. The fourth-order valence-corrected chi connectivity index (χ4v) is 2.13. The second-order valence-electron chi connectivity index (χ2n) is 2.97. The van der Waals surface area contributed by atoms with E-state index in [-0.39, 0.29) is 0 Å². The van der Waals surface area contributed by atoms with Crippen molar-refractivity contribution in [2.24, 2.45) is 7.05 Å². The Morgan fingerprint density at radius 3 is 2.50 bits per heavy atom. The van der Waals surface area contributed by atoms with Gasteiger partial charge in [0.25, 0.3) is 0 Å². The van der Waals surface area contributed by atoms with E-state index in [1.165, 1.54) is 0 Å². The van der Waals surface area contributed by atoms with Crippen molar-refractivity contribution >= 4 is 31.9 Å². The highest BCUT2D eigenvalue weighted by Crippen LogP contribution is 2.31. The topological polar surface area (TPSA) is 17.8 Å². The molecule has 0 N–H and O–H groups in total. The molecule has 0 radical (unpaired) electrons. The quantitative estimate of drug-likeness (QED) is 0.786. The number of rotatable bonds is 1. The second kappa shape index (κ2) is 3.87. The number of aryl methyl sites for hydroxylation is 1. The Kier molecular flexibility index (Phi) is 2.74. The minimum absolute atomic E-state index is 0.958. The minimum Gasteiger partial charge on any atom is -0.328 e. The Labute approximate surface area is 99.2 Å². The van der Waals surface area contributed by atoms with Crippen LogP contribution in [0.3, 0.4) is 0 Å². The van der Waals surface area contributed by atoms with E-state index in [1.807, 2.05) is 35.9 Å². The predicted octanol–water partition coefficient (Wildman–Crippen LogP) is 3.61. The van der Waals surface area contributed by atoms with Crippen molar-refractivity contribution < 1.29 is 0 Å². The molecular weight excluding hydrogens is 308 g/mol. The Balaban J connectivity index is 2.60. The molecule has 4 heteroatoms. The van der Waals surface area contributed by atoms with Crippen LogP contribution in [-0.2, 0) is 7.05 Å². The summed E-state index contributed by atoms with van der Waals surface area (Å²) in [7, 11) is 1.96. The van der Waals surface area contributed by atoms with Crippen LogP contribution >= 0.6 is 31.9 Å². The molecule has 2 nitrogen and oxygen atoms in total. The van der Waals surface area contributed by atoms with Crippen LogP contribution in [0, 0.1) is 0 Å². The fourth-order valence-electron chi connectivity index (χ4n) is 1.25. The van der Waals surface area contributed by atoms with Gasteiger partial charge in [-0.25, -0.2) is 4.98 Å². The molecule has 0 bridgehead atoms. The number of benzene rings is 1. The normalized spacial score (nSPS) is 10.5. The van der Waals surface area contributed by atoms with Crippen LogP contribution in [0.1, 0.15) is 0 Å². The molecule has 1 heterocycles. The number of nitrogens with zero attached hydrogens (tertiary/aromatic N) is 2.